The minimum absolute atomic E-state index is 0.0297. The number of carbonyl (C=O) groups is 1. The number of rotatable bonds is 5. The highest BCUT2D eigenvalue weighted by molar-refractivity contribution is 5.77. The fraction of sp³-hybridized carbons (Fsp3) is 0.833. The number of hydrogen-bond donors (Lipinski definition) is 3. The van der Waals surface area contributed by atoms with Gasteiger partial charge in [0, 0.05) is 13.7 Å². The second-order valence-electron chi connectivity index (χ2n) is 1.93. The van der Waals surface area contributed by atoms with Gasteiger partial charge >= 0.3 is 0 Å². The normalized spacial score (nSPS) is 9.40. The Kier molecular flexibility index (Phi) is 6.11. The number of amides is 1. The lowest BCUT2D eigenvalue weighted by atomic mass is 10.4. The maximum Gasteiger partial charge on any atom is 0.233 e. The van der Waals surface area contributed by atoms with Crippen LogP contribution in [0.4, 0.5) is 0 Å². The summed E-state index contributed by atoms with van der Waals surface area (Å²) in [5.41, 5.74) is 0. The average molecular weight is 146 g/mol. The second kappa shape index (κ2) is 6.51. The zero-order valence-electron chi connectivity index (χ0n) is 6.18. The van der Waals surface area contributed by atoms with Gasteiger partial charge in [-0.1, -0.05) is 0 Å². The highest BCUT2D eigenvalue weighted by atomic mass is 16.3. The Hall–Kier alpha value is -0.610. The van der Waals surface area contributed by atoms with Gasteiger partial charge in [-0.25, -0.2) is 0 Å². The summed E-state index contributed by atoms with van der Waals surface area (Å²) in [6.45, 7) is 1.18. The Balaban J connectivity index is 2.96. The van der Waals surface area contributed by atoms with Gasteiger partial charge in [0.05, 0.1) is 6.54 Å². The van der Waals surface area contributed by atoms with Gasteiger partial charge in [-0.05, 0) is 13.0 Å². The van der Waals surface area contributed by atoms with Crippen LogP contribution in [-0.4, -0.2) is 37.8 Å². The summed E-state index contributed by atoms with van der Waals surface area (Å²) in [6.07, 6.45) is 0.691. The van der Waals surface area contributed by atoms with Crippen molar-refractivity contribution in [3.8, 4) is 0 Å². The SMILES string of the molecule is CNC(=O)CNCCCO. The van der Waals surface area contributed by atoms with Crippen molar-refractivity contribution in [3.63, 3.8) is 0 Å². The fourth-order valence-corrected chi connectivity index (χ4v) is 0.494. The van der Waals surface area contributed by atoms with E-state index in [1.54, 1.807) is 7.05 Å². The van der Waals surface area contributed by atoms with E-state index >= 15 is 0 Å². The number of likely N-dealkylation sites (N-methyl/N-ethyl adjacent to an activating group) is 1. The molecule has 0 heterocycles. The van der Waals surface area contributed by atoms with E-state index in [1.165, 1.54) is 0 Å². The molecule has 3 N–H and O–H groups in total. The summed E-state index contributed by atoms with van der Waals surface area (Å²) in [5, 5.41) is 13.7. The van der Waals surface area contributed by atoms with Crippen LogP contribution in [0.15, 0.2) is 0 Å². The molecule has 0 spiro atoms. The van der Waals surface area contributed by atoms with E-state index in [-0.39, 0.29) is 12.5 Å². The van der Waals surface area contributed by atoms with Crippen molar-refractivity contribution in [2.75, 3.05) is 26.7 Å². The van der Waals surface area contributed by atoms with Gasteiger partial charge in [0.1, 0.15) is 0 Å². The van der Waals surface area contributed by atoms with Crippen LogP contribution in [0.2, 0.25) is 0 Å². The van der Waals surface area contributed by atoms with Crippen molar-refractivity contribution >= 4 is 5.91 Å². The molecule has 0 aliphatic carbocycles. The Morgan fingerprint density at radius 1 is 1.60 bits per heavy atom. The molecular weight excluding hydrogens is 132 g/mol. The molecule has 0 unspecified atom stereocenters. The number of hydrogen-bond acceptors (Lipinski definition) is 3. The van der Waals surface area contributed by atoms with Gasteiger partial charge in [0.2, 0.25) is 5.91 Å². The topological polar surface area (TPSA) is 61.4 Å². The molecule has 0 aromatic heterocycles. The lowest BCUT2D eigenvalue weighted by Gasteiger charge is -2.00. The molecule has 0 aromatic rings. The van der Waals surface area contributed by atoms with Crippen LogP contribution < -0.4 is 10.6 Å². The lowest BCUT2D eigenvalue weighted by Crippen LogP contribution is -2.32. The Morgan fingerprint density at radius 2 is 2.30 bits per heavy atom. The number of nitrogens with one attached hydrogen (secondary N) is 2. The predicted octanol–water partition coefficient (Wildman–Crippen LogP) is -1.30. The maximum atomic E-state index is 10.5. The molecule has 0 bridgehead atoms. The molecule has 0 radical (unpaired) electrons. The summed E-state index contributed by atoms with van der Waals surface area (Å²) in [4.78, 5) is 10.5. The van der Waals surface area contributed by atoms with E-state index in [0.717, 1.165) is 0 Å². The van der Waals surface area contributed by atoms with Crippen LogP contribution in [0.5, 0.6) is 0 Å². The molecular formula is C6H14N2O2. The summed E-state index contributed by atoms with van der Waals surface area (Å²) < 4.78 is 0. The summed E-state index contributed by atoms with van der Waals surface area (Å²) in [6, 6.07) is 0. The molecule has 10 heavy (non-hydrogen) atoms. The first kappa shape index (κ1) is 9.39. The highest BCUT2D eigenvalue weighted by Crippen LogP contribution is 1.70. The first-order valence-electron chi connectivity index (χ1n) is 3.33. The number of aliphatic hydroxyl groups is 1. The Bertz CT molecular complexity index is 95.7. The van der Waals surface area contributed by atoms with Gasteiger partial charge in [-0.15, -0.1) is 0 Å². The van der Waals surface area contributed by atoms with Crippen LogP contribution in [0.25, 0.3) is 0 Å². The summed E-state index contributed by atoms with van der Waals surface area (Å²) >= 11 is 0. The minimum Gasteiger partial charge on any atom is -0.396 e. The van der Waals surface area contributed by atoms with Crippen molar-refractivity contribution in [2.24, 2.45) is 0 Å². The van der Waals surface area contributed by atoms with Crippen LogP contribution in [0.3, 0.4) is 0 Å². The highest BCUT2D eigenvalue weighted by Gasteiger charge is 1.93. The zero-order valence-corrected chi connectivity index (χ0v) is 6.18. The monoisotopic (exact) mass is 146 g/mol. The molecule has 0 fully saturated rings. The predicted molar refractivity (Wildman–Crippen MR) is 38.6 cm³/mol. The lowest BCUT2D eigenvalue weighted by molar-refractivity contribution is -0.119. The first-order chi connectivity index (χ1) is 4.81. The minimum atomic E-state index is -0.0297. The maximum absolute atomic E-state index is 10.5. The average Bonchev–Trinajstić information content (AvgIpc) is 1.98. The van der Waals surface area contributed by atoms with Crippen molar-refractivity contribution in [2.45, 2.75) is 6.42 Å². The van der Waals surface area contributed by atoms with E-state index in [4.69, 9.17) is 5.11 Å². The van der Waals surface area contributed by atoms with Gasteiger partial charge in [0.25, 0.3) is 0 Å². The largest absolute Gasteiger partial charge is 0.396 e. The molecule has 0 atom stereocenters. The molecule has 4 nitrogen and oxygen atoms in total. The molecule has 0 aliphatic heterocycles. The quantitative estimate of drug-likeness (QED) is 0.423. The van der Waals surface area contributed by atoms with E-state index in [1.807, 2.05) is 0 Å². The van der Waals surface area contributed by atoms with Crippen LogP contribution in [0.1, 0.15) is 6.42 Å². The number of carbonyl (C=O) groups excluding carboxylic acids is 1. The van der Waals surface area contributed by atoms with E-state index < -0.39 is 0 Å². The summed E-state index contributed by atoms with van der Waals surface area (Å²) in [7, 11) is 1.59. The zero-order chi connectivity index (χ0) is 7.82. The third kappa shape index (κ3) is 5.53. The van der Waals surface area contributed by atoms with Gasteiger partial charge < -0.3 is 15.7 Å². The molecule has 4 heteroatoms. The molecule has 1 amide bonds. The molecule has 0 saturated heterocycles. The van der Waals surface area contributed by atoms with Crippen molar-refractivity contribution in [1.82, 2.24) is 10.6 Å². The van der Waals surface area contributed by atoms with Gasteiger partial charge in [0.15, 0.2) is 0 Å². The smallest absolute Gasteiger partial charge is 0.233 e. The molecule has 0 rings (SSSR count). The fourth-order valence-electron chi connectivity index (χ4n) is 0.494. The summed E-state index contributed by atoms with van der Waals surface area (Å²) in [5.74, 6) is -0.0297. The molecule has 0 aromatic carbocycles. The van der Waals surface area contributed by atoms with Crippen LogP contribution in [0, 0.1) is 0 Å². The second-order valence-corrected chi connectivity index (χ2v) is 1.93. The number of aliphatic hydroxyl groups excluding tert-OH is 1. The standard InChI is InChI=1S/C6H14N2O2/c1-7-6(10)5-8-3-2-4-9/h8-9H,2-5H2,1H3,(H,7,10). The third-order valence-corrected chi connectivity index (χ3v) is 1.08. The van der Waals surface area contributed by atoms with E-state index in [9.17, 15) is 4.79 Å². The van der Waals surface area contributed by atoms with Gasteiger partial charge in [-0.3, -0.25) is 4.79 Å². The van der Waals surface area contributed by atoms with E-state index in [0.29, 0.717) is 19.5 Å². The van der Waals surface area contributed by atoms with Crippen molar-refractivity contribution in [1.29, 1.82) is 0 Å². The molecule has 0 aliphatic rings. The van der Waals surface area contributed by atoms with Crippen LogP contribution >= 0.6 is 0 Å². The molecule has 60 valence electrons. The van der Waals surface area contributed by atoms with E-state index in [2.05, 4.69) is 10.6 Å². The first-order valence-corrected chi connectivity index (χ1v) is 3.33. The third-order valence-electron chi connectivity index (χ3n) is 1.08. The van der Waals surface area contributed by atoms with Gasteiger partial charge in [-0.2, -0.15) is 0 Å². The Morgan fingerprint density at radius 3 is 2.80 bits per heavy atom. The van der Waals surface area contributed by atoms with Crippen molar-refractivity contribution in [3.05, 3.63) is 0 Å². The molecule has 0 saturated carbocycles. The Labute approximate surface area is 60.6 Å². The van der Waals surface area contributed by atoms with Crippen LogP contribution in [-0.2, 0) is 4.79 Å². The van der Waals surface area contributed by atoms with Crippen molar-refractivity contribution < 1.29 is 9.90 Å².